The highest BCUT2D eigenvalue weighted by Gasteiger charge is 2.19. The third-order valence-electron chi connectivity index (χ3n) is 12.2. The van der Waals surface area contributed by atoms with Gasteiger partial charge in [0.25, 0.3) is 0 Å². The molecule has 6 nitrogen and oxygen atoms in total. The molecule has 1 unspecified atom stereocenters. The topological polar surface area (TPSA) is 78.9 Å². The van der Waals surface area contributed by atoms with Crippen LogP contribution in [-0.2, 0) is 28.6 Å². The van der Waals surface area contributed by atoms with E-state index >= 15 is 0 Å². The zero-order valence-corrected chi connectivity index (χ0v) is 46.2. The van der Waals surface area contributed by atoms with E-state index in [1.165, 1.54) is 103 Å². The minimum absolute atomic E-state index is 0.0989. The molecule has 0 aromatic heterocycles. The van der Waals surface area contributed by atoms with Crippen molar-refractivity contribution in [2.24, 2.45) is 0 Å². The van der Waals surface area contributed by atoms with Crippen LogP contribution in [0.15, 0.2) is 109 Å². The van der Waals surface area contributed by atoms with Gasteiger partial charge in [0.05, 0.1) is 0 Å². The minimum Gasteiger partial charge on any atom is -0.462 e. The number of ether oxygens (including phenoxy) is 3. The van der Waals surface area contributed by atoms with Crippen LogP contribution in [0.4, 0.5) is 0 Å². The number of carbonyl (C=O) groups is 3. The zero-order valence-electron chi connectivity index (χ0n) is 46.2. The summed E-state index contributed by atoms with van der Waals surface area (Å²) in [6.45, 7) is 6.36. The maximum Gasteiger partial charge on any atom is 0.306 e. The Balaban J connectivity index is 4.35. The molecule has 0 aromatic carbocycles. The van der Waals surface area contributed by atoms with E-state index in [0.717, 1.165) is 116 Å². The second-order valence-corrected chi connectivity index (χ2v) is 19.1. The zero-order chi connectivity index (χ0) is 51.4. The van der Waals surface area contributed by atoms with Crippen LogP contribution < -0.4 is 0 Å². The number of rotatable bonds is 52. The Bertz CT molecular complexity index is 1460. The molecule has 6 heteroatoms. The average Bonchev–Trinajstić information content (AvgIpc) is 3.37. The first-order chi connectivity index (χ1) is 35.0. The summed E-state index contributed by atoms with van der Waals surface area (Å²) < 4.78 is 16.8. The molecule has 0 aliphatic rings. The van der Waals surface area contributed by atoms with Gasteiger partial charge < -0.3 is 14.2 Å². The molecule has 0 spiro atoms. The van der Waals surface area contributed by atoms with Crippen molar-refractivity contribution < 1.29 is 28.6 Å². The van der Waals surface area contributed by atoms with Crippen molar-refractivity contribution >= 4 is 17.9 Å². The van der Waals surface area contributed by atoms with Gasteiger partial charge in [-0.05, 0) is 122 Å². The highest BCUT2D eigenvalue weighted by molar-refractivity contribution is 5.71. The van der Waals surface area contributed by atoms with E-state index in [-0.39, 0.29) is 37.5 Å². The Kier molecular flexibility index (Phi) is 55.4. The van der Waals surface area contributed by atoms with Gasteiger partial charge in [0.2, 0.25) is 0 Å². The number of hydrogen-bond donors (Lipinski definition) is 0. The lowest BCUT2D eigenvalue weighted by molar-refractivity contribution is -0.167. The van der Waals surface area contributed by atoms with Crippen molar-refractivity contribution in [1.82, 2.24) is 0 Å². The predicted molar refractivity (Wildman–Crippen MR) is 307 cm³/mol. The summed E-state index contributed by atoms with van der Waals surface area (Å²) in [5.74, 6) is -0.950. The molecule has 1 atom stereocenters. The third kappa shape index (κ3) is 56.9. The van der Waals surface area contributed by atoms with Gasteiger partial charge in [0, 0.05) is 19.3 Å². The monoisotopic (exact) mass is 985 g/mol. The van der Waals surface area contributed by atoms with Crippen LogP contribution in [0.25, 0.3) is 0 Å². The fourth-order valence-corrected chi connectivity index (χ4v) is 7.89. The Morgan fingerprint density at radius 2 is 0.549 bits per heavy atom. The Morgan fingerprint density at radius 1 is 0.296 bits per heavy atom. The summed E-state index contributed by atoms with van der Waals surface area (Å²) in [6, 6.07) is 0. The van der Waals surface area contributed by atoms with E-state index in [4.69, 9.17) is 14.2 Å². The molecular weight excluding hydrogens is 877 g/mol. The number of carbonyl (C=O) groups excluding carboxylic acids is 3. The molecule has 0 saturated heterocycles. The van der Waals surface area contributed by atoms with Crippen LogP contribution in [0.2, 0.25) is 0 Å². The van der Waals surface area contributed by atoms with Crippen molar-refractivity contribution in [3.63, 3.8) is 0 Å². The second-order valence-electron chi connectivity index (χ2n) is 19.1. The van der Waals surface area contributed by atoms with E-state index in [0.29, 0.717) is 19.3 Å². The van der Waals surface area contributed by atoms with Gasteiger partial charge >= 0.3 is 17.9 Å². The molecule has 404 valence electrons. The molecule has 0 radical (unpaired) electrons. The second kappa shape index (κ2) is 58.6. The van der Waals surface area contributed by atoms with Crippen molar-refractivity contribution in [1.29, 1.82) is 0 Å². The normalized spacial score (nSPS) is 12.9. The van der Waals surface area contributed by atoms with E-state index in [9.17, 15) is 14.4 Å². The van der Waals surface area contributed by atoms with Gasteiger partial charge in [-0.2, -0.15) is 0 Å². The van der Waals surface area contributed by atoms with Gasteiger partial charge in [-0.15, -0.1) is 0 Å². The van der Waals surface area contributed by atoms with Crippen LogP contribution in [0, 0.1) is 0 Å². The van der Waals surface area contributed by atoms with Crippen LogP contribution in [-0.4, -0.2) is 37.2 Å². The Morgan fingerprint density at radius 3 is 0.901 bits per heavy atom. The summed E-state index contributed by atoms with van der Waals surface area (Å²) >= 11 is 0. The number of unbranched alkanes of at least 4 members (excludes halogenated alkanes) is 23. The lowest BCUT2D eigenvalue weighted by atomic mass is 10.0. The van der Waals surface area contributed by atoms with E-state index < -0.39 is 6.10 Å². The molecule has 0 fully saturated rings. The fraction of sp³-hybridized carbons (Fsp3) is 0.677. The maximum atomic E-state index is 12.8. The third-order valence-corrected chi connectivity index (χ3v) is 12.2. The smallest absolute Gasteiger partial charge is 0.306 e. The van der Waals surface area contributed by atoms with E-state index in [1.807, 2.05) is 0 Å². The number of allylic oxidation sites excluding steroid dienone is 18. The largest absolute Gasteiger partial charge is 0.462 e. The van der Waals surface area contributed by atoms with E-state index in [1.54, 1.807) is 0 Å². The van der Waals surface area contributed by atoms with Crippen LogP contribution in [0.3, 0.4) is 0 Å². The van der Waals surface area contributed by atoms with Gasteiger partial charge in [-0.25, -0.2) is 0 Å². The van der Waals surface area contributed by atoms with Crippen molar-refractivity contribution in [3.8, 4) is 0 Å². The fourth-order valence-electron chi connectivity index (χ4n) is 7.89. The maximum absolute atomic E-state index is 12.8. The first kappa shape index (κ1) is 67.1. The van der Waals surface area contributed by atoms with Gasteiger partial charge in [0.15, 0.2) is 6.10 Å². The van der Waals surface area contributed by atoms with Crippen LogP contribution in [0.5, 0.6) is 0 Å². The van der Waals surface area contributed by atoms with Crippen molar-refractivity contribution in [2.45, 2.75) is 271 Å². The molecule has 0 aliphatic carbocycles. The van der Waals surface area contributed by atoms with E-state index in [2.05, 4.69) is 130 Å². The highest BCUT2D eigenvalue weighted by Crippen LogP contribution is 2.15. The summed E-state index contributed by atoms with van der Waals surface area (Å²) in [5, 5.41) is 0. The number of hydrogen-bond acceptors (Lipinski definition) is 6. The molecule has 0 aliphatic heterocycles. The molecule has 71 heavy (non-hydrogen) atoms. The lowest BCUT2D eigenvalue weighted by Gasteiger charge is -2.18. The molecule has 0 heterocycles. The Labute approximate surface area is 438 Å². The summed E-state index contributed by atoms with van der Waals surface area (Å²) in [7, 11) is 0. The summed E-state index contributed by atoms with van der Waals surface area (Å²) in [4.78, 5) is 38.1. The first-order valence-electron chi connectivity index (χ1n) is 29.4. The first-order valence-corrected chi connectivity index (χ1v) is 29.4. The summed E-state index contributed by atoms with van der Waals surface area (Å²) in [6.07, 6.45) is 79.5. The standard InChI is InChI=1S/C65H108O6/c1-4-7-10-13-16-19-22-25-27-28-29-30-31-32-33-34-35-36-38-40-43-46-49-52-55-58-64(67)70-61-62(60-69-63(66)57-54-51-48-45-42-39-24-21-18-15-12-9-6-3)71-65(68)59-56-53-50-47-44-41-37-26-23-20-17-14-11-8-5-2/h7-8,10-11,16-17,19-21,24-27,29-30,37,44,47,62H,4-6,9,12-15,18,22-23,28,31-36,38-43,45-46,48-61H2,1-3H3/b10-7-,11-8-,19-16-,20-17-,24-21-,27-25-,30-29-,37-26-,47-44-. The summed E-state index contributed by atoms with van der Waals surface area (Å²) in [5.41, 5.74) is 0. The number of esters is 3. The quantitative estimate of drug-likeness (QED) is 0.0261. The SMILES string of the molecule is CC/C=C\C/C=C\C/C=C\C/C=C\CCCCCCCCCCCCCCC(=O)OCC(COC(=O)CCCCCCC/C=C\CCCCCC)OC(=O)CCCC/C=C\C/C=C\C/C=C\C/C=C\CC. The minimum atomic E-state index is -0.805. The molecule has 0 bridgehead atoms. The van der Waals surface area contributed by atoms with Crippen molar-refractivity contribution in [3.05, 3.63) is 109 Å². The molecule has 0 aromatic rings. The van der Waals surface area contributed by atoms with Gasteiger partial charge in [0.1, 0.15) is 13.2 Å². The average molecular weight is 986 g/mol. The molecular formula is C65H108O6. The molecule has 0 rings (SSSR count). The molecule has 0 amide bonds. The Hall–Kier alpha value is -3.93. The lowest BCUT2D eigenvalue weighted by Crippen LogP contribution is -2.30. The predicted octanol–water partition coefficient (Wildman–Crippen LogP) is 19.9. The molecule has 0 N–H and O–H groups in total. The van der Waals surface area contributed by atoms with Crippen molar-refractivity contribution in [2.75, 3.05) is 13.2 Å². The van der Waals surface area contributed by atoms with Gasteiger partial charge in [-0.1, -0.05) is 233 Å². The van der Waals surface area contributed by atoms with Crippen LogP contribution >= 0.6 is 0 Å². The van der Waals surface area contributed by atoms with Gasteiger partial charge in [-0.3, -0.25) is 14.4 Å². The van der Waals surface area contributed by atoms with Crippen LogP contribution in [0.1, 0.15) is 265 Å². The molecule has 0 saturated carbocycles. The highest BCUT2D eigenvalue weighted by atomic mass is 16.6.